The zero-order valence-electron chi connectivity index (χ0n) is 31.3. The molecule has 0 radical (unpaired) electrons. The Hall–Kier alpha value is -5.33. The predicted molar refractivity (Wildman–Crippen MR) is 214 cm³/mol. The molecular weight excluding hydrogens is 754 g/mol. The maximum Gasteiger partial charge on any atom is 1.00 e. The number of carboxylic acids is 1. The topological polar surface area (TPSA) is 110 Å². The first-order valence-corrected chi connectivity index (χ1v) is 18.8. The molecular formula is C46H37Cl2LiN2O6. The third kappa shape index (κ3) is 8.82. The molecule has 8 nitrogen and oxygen atoms in total. The van der Waals surface area contributed by atoms with E-state index in [1.54, 1.807) is 104 Å². The molecule has 0 aromatic heterocycles. The second-order valence-corrected chi connectivity index (χ2v) is 14.6. The molecule has 1 aliphatic rings. The van der Waals surface area contributed by atoms with Crippen LogP contribution in [0, 0.1) is 0 Å². The Kier molecular flexibility index (Phi) is 12.9. The molecule has 0 unspecified atom stereocenters. The van der Waals surface area contributed by atoms with Crippen LogP contribution < -0.4 is 24.0 Å². The second-order valence-electron chi connectivity index (χ2n) is 13.7. The van der Waals surface area contributed by atoms with Gasteiger partial charge in [0.05, 0.1) is 5.97 Å². The van der Waals surface area contributed by atoms with Crippen molar-refractivity contribution < 1.29 is 48.2 Å². The average Bonchev–Trinajstić information content (AvgIpc) is 3.49. The number of urea groups is 1. The van der Waals surface area contributed by atoms with Crippen LogP contribution in [0.2, 0.25) is 10.0 Å². The van der Waals surface area contributed by atoms with E-state index in [0.717, 1.165) is 27.2 Å². The fourth-order valence-corrected chi connectivity index (χ4v) is 7.48. The van der Waals surface area contributed by atoms with E-state index in [0.29, 0.717) is 32.3 Å². The normalized spacial score (nSPS) is 15.8. The summed E-state index contributed by atoms with van der Waals surface area (Å²) >= 11 is 12.2. The van der Waals surface area contributed by atoms with Gasteiger partial charge in [0.1, 0.15) is 12.1 Å². The summed E-state index contributed by atoms with van der Waals surface area (Å²) in [7, 11) is 0. The molecule has 6 aromatic carbocycles. The van der Waals surface area contributed by atoms with Gasteiger partial charge in [-0.25, -0.2) is 9.59 Å². The van der Waals surface area contributed by atoms with E-state index < -0.39 is 41.8 Å². The van der Waals surface area contributed by atoms with Crippen molar-refractivity contribution in [2.75, 3.05) is 0 Å². The first-order valence-electron chi connectivity index (χ1n) is 18.0. The van der Waals surface area contributed by atoms with E-state index in [2.05, 4.69) is 0 Å². The number of aliphatic carboxylic acids is 1. The molecule has 0 bridgehead atoms. The fourth-order valence-electron chi connectivity index (χ4n) is 7.23. The van der Waals surface area contributed by atoms with Gasteiger partial charge in [0.25, 0.3) is 0 Å². The molecule has 11 heteroatoms. The fraction of sp³-hybridized carbons (Fsp3) is 0.152. The standard InChI is InChI=1S/C46H38Cl2N2O6.Li/c1-30(56-44(53)42-41(43(51)52)49(28-31-8-4-2-5-9-31)45(54)50(42)29-32-10-6-3-7-11-32)46(55,37-20-12-33(13-21-37)35-16-24-39(47)25-17-35)38-22-14-34(15-23-38)36-18-26-40(48)27-19-36;/h2-27,30,41-42,55H,28-29H2,1H3,(H,51,52);/q;+1/p-1/t30-,41-,42+;/m0./s1. The molecule has 7 rings (SSSR count). The van der Waals surface area contributed by atoms with Gasteiger partial charge in [-0.1, -0.05) is 157 Å². The number of carboxylic acid groups (broad SMARTS) is 1. The van der Waals surface area contributed by atoms with Gasteiger partial charge in [-0.15, -0.1) is 0 Å². The van der Waals surface area contributed by atoms with E-state index in [1.165, 1.54) is 4.90 Å². The summed E-state index contributed by atoms with van der Waals surface area (Å²) in [6.07, 6.45) is -1.28. The van der Waals surface area contributed by atoms with Crippen LogP contribution in [0.3, 0.4) is 0 Å². The smallest absolute Gasteiger partial charge is 0.548 e. The Morgan fingerprint density at radius 1 is 0.632 bits per heavy atom. The number of amides is 2. The molecule has 0 aliphatic carbocycles. The van der Waals surface area contributed by atoms with Gasteiger partial charge in [-0.3, -0.25) is 0 Å². The largest absolute Gasteiger partial charge is 1.00 e. The molecule has 3 atom stereocenters. The zero-order chi connectivity index (χ0) is 39.4. The predicted octanol–water partition coefficient (Wildman–Crippen LogP) is 5.12. The second kappa shape index (κ2) is 17.9. The first kappa shape index (κ1) is 41.3. The van der Waals surface area contributed by atoms with Crippen molar-refractivity contribution in [3.05, 3.63) is 190 Å². The maximum atomic E-state index is 14.5. The Balaban J connectivity index is 0.00000549. The Bertz CT molecular complexity index is 2220. The summed E-state index contributed by atoms with van der Waals surface area (Å²) in [5.41, 5.74) is 3.82. The summed E-state index contributed by atoms with van der Waals surface area (Å²) in [6, 6.07) is 43.1. The van der Waals surface area contributed by atoms with Gasteiger partial charge in [0.2, 0.25) is 0 Å². The van der Waals surface area contributed by atoms with Crippen molar-refractivity contribution in [3.63, 3.8) is 0 Å². The van der Waals surface area contributed by atoms with Gasteiger partial charge >= 0.3 is 30.9 Å². The summed E-state index contributed by atoms with van der Waals surface area (Å²) in [5, 5.41) is 27.0. The molecule has 1 fully saturated rings. The van der Waals surface area contributed by atoms with Crippen LogP contribution in [0.1, 0.15) is 29.2 Å². The molecule has 6 aromatic rings. The molecule has 0 saturated carbocycles. The summed E-state index contributed by atoms with van der Waals surface area (Å²) < 4.78 is 6.13. The number of halogens is 2. The summed E-state index contributed by atoms with van der Waals surface area (Å²) in [6.45, 7) is 1.41. The van der Waals surface area contributed by atoms with Crippen LogP contribution >= 0.6 is 23.2 Å². The van der Waals surface area contributed by atoms with Crippen molar-refractivity contribution in [1.82, 2.24) is 9.80 Å². The number of benzene rings is 6. The average molecular weight is 792 g/mol. The number of esters is 1. The van der Waals surface area contributed by atoms with Crippen molar-refractivity contribution >= 4 is 41.2 Å². The van der Waals surface area contributed by atoms with Crippen molar-refractivity contribution in [1.29, 1.82) is 0 Å². The summed E-state index contributed by atoms with van der Waals surface area (Å²) in [4.78, 5) is 43.8. The van der Waals surface area contributed by atoms with E-state index in [9.17, 15) is 24.6 Å². The Labute approximate surface area is 353 Å². The van der Waals surface area contributed by atoms with Crippen molar-refractivity contribution in [2.24, 2.45) is 0 Å². The molecule has 282 valence electrons. The summed E-state index contributed by atoms with van der Waals surface area (Å²) in [5.74, 6) is -2.61. The number of ether oxygens (including phenoxy) is 1. The molecule has 1 heterocycles. The van der Waals surface area contributed by atoms with E-state index in [-0.39, 0.29) is 32.0 Å². The van der Waals surface area contributed by atoms with E-state index in [1.807, 2.05) is 60.7 Å². The first-order chi connectivity index (χ1) is 27.0. The van der Waals surface area contributed by atoms with Crippen LogP contribution in [0.15, 0.2) is 158 Å². The van der Waals surface area contributed by atoms with Gasteiger partial charge in [0.15, 0.2) is 11.6 Å². The molecule has 1 aliphatic heterocycles. The van der Waals surface area contributed by atoms with Crippen molar-refractivity contribution in [3.8, 4) is 22.3 Å². The maximum absolute atomic E-state index is 14.5. The third-order valence-corrected chi connectivity index (χ3v) is 10.7. The third-order valence-electron chi connectivity index (χ3n) is 10.2. The van der Waals surface area contributed by atoms with Gasteiger partial charge < -0.3 is 29.5 Å². The number of carbonyl (C=O) groups excluding carboxylic acids is 3. The van der Waals surface area contributed by atoms with E-state index >= 15 is 0 Å². The monoisotopic (exact) mass is 790 g/mol. The van der Waals surface area contributed by atoms with Crippen LogP contribution in [0.4, 0.5) is 4.79 Å². The quantitative estimate of drug-likeness (QED) is 0.136. The van der Waals surface area contributed by atoms with Crippen molar-refractivity contribution in [2.45, 2.75) is 43.8 Å². The Morgan fingerprint density at radius 2 is 0.982 bits per heavy atom. The number of aliphatic hydroxyl groups is 1. The molecule has 57 heavy (non-hydrogen) atoms. The van der Waals surface area contributed by atoms with Gasteiger partial charge in [-0.2, -0.15) is 0 Å². The molecule has 1 saturated heterocycles. The number of nitrogens with zero attached hydrogens (tertiary/aromatic N) is 2. The van der Waals surface area contributed by atoms with Gasteiger partial charge in [0, 0.05) is 23.1 Å². The molecule has 0 spiro atoms. The number of carbonyl (C=O) groups is 3. The number of hydrogen-bond donors (Lipinski definition) is 1. The van der Waals surface area contributed by atoms with Crippen LogP contribution in [0.5, 0.6) is 0 Å². The number of rotatable bonds is 12. The van der Waals surface area contributed by atoms with Crippen LogP contribution in [-0.2, 0) is 33.0 Å². The number of hydrogen-bond acceptors (Lipinski definition) is 6. The Morgan fingerprint density at radius 3 is 1.35 bits per heavy atom. The minimum absolute atomic E-state index is 0. The van der Waals surface area contributed by atoms with Crippen LogP contribution in [0.25, 0.3) is 22.3 Å². The zero-order valence-corrected chi connectivity index (χ0v) is 32.8. The molecule has 2 amide bonds. The van der Waals surface area contributed by atoms with E-state index in [4.69, 9.17) is 27.9 Å². The molecule has 1 N–H and O–H groups in total. The van der Waals surface area contributed by atoms with Gasteiger partial charge in [-0.05, 0) is 75.7 Å². The minimum Gasteiger partial charge on any atom is -0.548 e. The van der Waals surface area contributed by atoms with Crippen LogP contribution in [-0.4, -0.2) is 51.1 Å². The SMILES string of the molecule is C[C@H](OC(=O)[C@H]1[C@@H](C(=O)[O-])N(Cc2ccccc2)C(=O)N1Cc1ccccc1)C(O)(c1ccc(-c2ccc(Cl)cc2)cc1)c1ccc(-c2ccc(Cl)cc2)cc1.[Li+]. The minimum atomic E-state index is -1.93.